The van der Waals surface area contributed by atoms with E-state index in [4.69, 9.17) is 11.6 Å². The van der Waals surface area contributed by atoms with Gasteiger partial charge in [0.15, 0.2) is 0 Å². The highest BCUT2D eigenvalue weighted by Crippen LogP contribution is 2.37. The summed E-state index contributed by atoms with van der Waals surface area (Å²) in [5.74, 6) is -0.397. The largest absolute Gasteiger partial charge is 0.383 e. The van der Waals surface area contributed by atoms with Crippen molar-refractivity contribution in [3.63, 3.8) is 0 Å². The van der Waals surface area contributed by atoms with Gasteiger partial charge in [-0.25, -0.2) is 9.07 Å². The van der Waals surface area contributed by atoms with Crippen LogP contribution in [0.25, 0.3) is 10.9 Å². The predicted octanol–water partition coefficient (Wildman–Crippen LogP) is 6.48. The van der Waals surface area contributed by atoms with Crippen LogP contribution in [0.15, 0.2) is 48.8 Å². The molecule has 0 saturated heterocycles. The van der Waals surface area contributed by atoms with Gasteiger partial charge in [0.2, 0.25) is 0 Å². The molecule has 184 valence electrons. The maximum Gasteiger partial charge on any atom is 0.123 e. The maximum atomic E-state index is 13.8. The average molecular weight is 505 g/mol. The number of halogens is 2. The van der Waals surface area contributed by atoms with Gasteiger partial charge in [-0.3, -0.25) is 4.98 Å². The number of nitrogens with zero attached hydrogens (tertiary/aromatic N) is 5. The molecule has 1 atom stereocenters. The summed E-state index contributed by atoms with van der Waals surface area (Å²) in [6.07, 6.45) is 5.32. The zero-order chi connectivity index (χ0) is 26.4. The number of nitrogens with one attached hydrogen (secondary N) is 2. The van der Waals surface area contributed by atoms with E-state index in [0.29, 0.717) is 56.7 Å². The molecule has 0 spiro atoms. The monoisotopic (exact) mass is 504 g/mol. The van der Waals surface area contributed by atoms with Gasteiger partial charge in [-0.05, 0) is 48.1 Å². The van der Waals surface area contributed by atoms with Crippen LogP contribution in [0.4, 0.5) is 15.8 Å². The van der Waals surface area contributed by atoms with Crippen LogP contribution in [-0.4, -0.2) is 26.5 Å². The lowest BCUT2D eigenvalue weighted by Gasteiger charge is -2.22. The van der Waals surface area contributed by atoms with Crippen molar-refractivity contribution in [2.45, 2.75) is 45.7 Å². The number of pyridine rings is 1. The fourth-order valence-corrected chi connectivity index (χ4v) is 4.18. The van der Waals surface area contributed by atoms with E-state index in [2.05, 4.69) is 52.8 Å². The van der Waals surface area contributed by atoms with Crippen LogP contribution in [-0.2, 0) is 0 Å². The third-order valence-electron chi connectivity index (χ3n) is 5.93. The molecule has 0 bridgehead atoms. The summed E-state index contributed by atoms with van der Waals surface area (Å²) in [6, 6.07) is 10.2. The molecule has 2 N–H and O–H groups in total. The van der Waals surface area contributed by atoms with E-state index in [1.165, 1.54) is 18.3 Å². The van der Waals surface area contributed by atoms with Crippen molar-refractivity contribution < 1.29 is 5.76 Å². The van der Waals surface area contributed by atoms with Gasteiger partial charge in [0.1, 0.15) is 17.6 Å². The smallest absolute Gasteiger partial charge is 0.123 e. The van der Waals surface area contributed by atoms with E-state index < -0.39 is 11.8 Å². The molecule has 2 aromatic heterocycles. The third kappa shape index (κ3) is 5.12. The molecule has 1 fully saturated rings. The van der Waals surface area contributed by atoms with Crippen molar-refractivity contribution in [3.05, 3.63) is 76.5 Å². The van der Waals surface area contributed by atoms with Gasteiger partial charge in [0.25, 0.3) is 0 Å². The van der Waals surface area contributed by atoms with Gasteiger partial charge in [-0.15, -0.1) is 5.10 Å². The van der Waals surface area contributed by atoms with E-state index in [9.17, 15) is 11.0 Å². The first-order chi connectivity index (χ1) is 17.6. The molecule has 9 heteroatoms. The molecule has 1 aliphatic carbocycles. The fraction of sp³-hybridized carbons (Fsp3) is 0.333. The minimum absolute atomic E-state index is 0.0335. The molecule has 1 saturated carbocycles. The number of benzene rings is 2. The second kappa shape index (κ2) is 9.40. The van der Waals surface area contributed by atoms with Crippen molar-refractivity contribution >= 4 is 33.9 Å². The van der Waals surface area contributed by atoms with Crippen LogP contribution in [0.3, 0.4) is 0 Å². The topological polar surface area (TPSA) is 91.5 Å². The summed E-state index contributed by atoms with van der Waals surface area (Å²) in [5, 5.41) is 25.9. The number of aromatic nitrogens is 4. The van der Waals surface area contributed by atoms with Crippen LogP contribution in [0.1, 0.15) is 63.9 Å². The van der Waals surface area contributed by atoms with Crippen molar-refractivity contribution in [2.75, 3.05) is 17.2 Å². The number of fused-ring (bicyclic) bond motifs is 1. The summed E-state index contributed by atoms with van der Waals surface area (Å²) < 4.78 is 25.0. The lowest BCUT2D eigenvalue weighted by atomic mass is 9.96. The van der Waals surface area contributed by atoms with E-state index in [1.807, 2.05) is 6.07 Å². The highest BCUT2D eigenvalue weighted by molar-refractivity contribution is 6.35. The Morgan fingerprint density at radius 3 is 2.69 bits per heavy atom. The van der Waals surface area contributed by atoms with E-state index in [-0.39, 0.29) is 5.41 Å². The van der Waals surface area contributed by atoms with Crippen LogP contribution in [0, 0.1) is 22.6 Å². The minimum atomic E-state index is -1.59. The molecule has 0 unspecified atom stereocenters. The Morgan fingerprint density at radius 2 is 2.03 bits per heavy atom. The second-order valence-corrected chi connectivity index (χ2v) is 10.7. The molecule has 2 aromatic carbocycles. The van der Waals surface area contributed by atoms with Crippen LogP contribution >= 0.6 is 11.6 Å². The molecule has 2 heterocycles. The number of hydrogen-bond donors (Lipinski definition) is 2. The highest BCUT2D eigenvalue weighted by Gasteiger charge is 2.27. The minimum Gasteiger partial charge on any atom is -0.383 e. The molecule has 5 rings (SSSR count). The second-order valence-electron chi connectivity index (χ2n) is 10.2. The zero-order valence-electron chi connectivity index (χ0n) is 21.3. The van der Waals surface area contributed by atoms with Gasteiger partial charge in [0.05, 0.1) is 41.4 Å². The Hall–Kier alpha value is -3.70. The van der Waals surface area contributed by atoms with Crippen molar-refractivity contribution in [1.29, 1.82) is 5.26 Å². The first kappa shape index (κ1) is 22.7. The zero-order valence-corrected chi connectivity index (χ0v) is 21.1. The Bertz CT molecular complexity index is 1500. The molecule has 7 nitrogen and oxygen atoms in total. The highest BCUT2D eigenvalue weighted by atomic mass is 35.5. The van der Waals surface area contributed by atoms with Crippen LogP contribution in [0.5, 0.6) is 0 Å². The summed E-state index contributed by atoms with van der Waals surface area (Å²) in [7, 11) is 0. The normalized spacial score (nSPS) is 15.7. The van der Waals surface area contributed by atoms with Crippen LogP contribution in [0.2, 0.25) is 5.02 Å². The summed E-state index contributed by atoms with van der Waals surface area (Å²) in [4.78, 5) is 4.41. The quantitative estimate of drug-likeness (QED) is 0.299. The van der Waals surface area contributed by atoms with Crippen molar-refractivity contribution in [1.82, 2.24) is 20.0 Å². The standard InChI is InChI=1S/C27H27ClFN7/c1-27(2,3)15-32-24-17(12-30)13-31-26-21(24)10-19(11-22(26)28)33-25(16-4-6-18(29)7-5-16)23-14-36(35-34-23)20-8-9-20/h4-7,10-11,13-14,20,25,33H,8-9,15H2,1-3H3,(H,31,32)/t25-/m0/s1/i25D. The molecular weight excluding hydrogens is 477 g/mol. The fourth-order valence-electron chi connectivity index (χ4n) is 3.91. The van der Waals surface area contributed by atoms with Gasteiger partial charge >= 0.3 is 0 Å². The number of nitriles is 1. The molecule has 4 aromatic rings. The lowest BCUT2D eigenvalue weighted by molar-refractivity contribution is 0.443. The van der Waals surface area contributed by atoms with Gasteiger partial charge in [0, 0.05) is 23.8 Å². The Morgan fingerprint density at radius 1 is 1.28 bits per heavy atom. The number of hydrogen-bond acceptors (Lipinski definition) is 6. The Labute approximate surface area is 215 Å². The molecule has 1 aliphatic rings. The lowest BCUT2D eigenvalue weighted by Crippen LogP contribution is -2.20. The number of anilines is 2. The summed E-state index contributed by atoms with van der Waals surface area (Å²) >= 11 is 6.66. The first-order valence-corrected chi connectivity index (χ1v) is 12.2. The van der Waals surface area contributed by atoms with Crippen molar-refractivity contribution in [3.8, 4) is 6.07 Å². The van der Waals surface area contributed by atoms with Crippen LogP contribution < -0.4 is 10.6 Å². The molecule has 0 aliphatic heterocycles. The average Bonchev–Trinajstić information content (AvgIpc) is 3.58. The molecular formula is C27H27ClFN7. The maximum absolute atomic E-state index is 13.8. The Kier molecular flexibility index (Phi) is 5.94. The molecule has 0 radical (unpaired) electrons. The van der Waals surface area contributed by atoms with E-state index >= 15 is 0 Å². The number of rotatable bonds is 7. The molecule has 0 amide bonds. The third-order valence-corrected chi connectivity index (χ3v) is 6.22. The van der Waals surface area contributed by atoms with Gasteiger partial charge in [-0.1, -0.05) is 49.7 Å². The van der Waals surface area contributed by atoms with E-state index in [0.717, 1.165) is 12.8 Å². The first-order valence-electron chi connectivity index (χ1n) is 12.3. The predicted molar refractivity (Wildman–Crippen MR) is 140 cm³/mol. The van der Waals surface area contributed by atoms with Crippen molar-refractivity contribution in [2.24, 2.45) is 5.41 Å². The molecule has 36 heavy (non-hydrogen) atoms. The van der Waals surface area contributed by atoms with Gasteiger partial charge < -0.3 is 10.6 Å². The Balaban J connectivity index is 1.62. The summed E-state index contributed by atoms with van der Waals surface area (Å²) in [6.45, 7) is 6.92. The van der Waals surface area contributed by atoms with E-state index in [1.54, 1.807) is 29.1 Å². The SMILES string of the molecule is [2H][C@](Nc1cc(Cl)c2ncc(C#N)c(NCC(C)(C)C)c2c1)(c1ccc(F)cc1)c1cn(C2CC2)nn1. The van der Waals surface area contributed by atoms with Gasteiger partial charge in [-0.2, -0.15) is 5.26 Å². The summed E-state index contributed by atoms with van der Waals surface area (Å²) in [5.41, 5.74) is 2.92.